The Kier molecular flexibility index (Phi) is 2.05. The van der Waals surface area contributed by atoms with Crippen LogP contribution in [0, 0.1) is 0 Å². The number of aliphatic hydroxyl groups is 1. The quantitative estimate of drug-likeness (QED) is 0.418. The Hall–Kier alpha value is -0.150. The second-order valence-electron chi connectivity index (χ2n) is 0.624. The third kappa shape index (κ3) is 3.85. The van der Waals surface area contributed by atoms with Gasteiger partial charge in [-0.2, -0.15) is 0 Å². The highest BCUT2D eigenvalue weighted by atomic mass is 32.1. The molecular weight excluding hydrogens is 86.1 g/mol. The molecule has 0 aromatic heterocycles. The first-order valence-corrected chi connectivity index (χ1v) is 1.57. The molecule has 0 unspecified atom stereocenters. The van der Waals surface area contributed by atoms with E-state index >= 15 is 0 Å². The van der Waals surface area contributed by atoms with Crippen LogP contribution in [0.5, 0.6) is 0 Å². The number of hydrogen-bond donors (Lipinski definition) is 2. The van der Waals surface area contributed by atoms with Crippen molar-refractivity contribution in [2.75, 3.05) is 6.61 Å². The molecule has 5 heavy (non-hydrogen) atoms. The van der Waals surface area contributed by atoms with Crippen LogP contribution in [0.2, 0.25) is 0 Å². The molecular formula is C2H5NOS. The first kappa shape index (κ1) is 4.85. The summed E-state index contributed by atoms with van der Waals surface area (Å²) in [5.41, 5.74) is 4.77. The minimum absolute atomic E-state index is 0.144. The first-order valence-electron chi connectivity index (χ1n) is 1.16. The van der Waals surface area contributed by atoms with Gasteiger partial charge in [0.05, 0.1) is 11.6 Å². The van der Waals surface area contributed by atoms with Crippen molar-refractivity contribution in [1.82, 2.24) is 0 Å². The van der Waals surface area contributed by atoms with Crippen LogP contribution >= 0.6 is 12.2 Å². The number of aliphatic hydroxyl groups excluding tert-OH is 1. The lowest BCUT2D eigenvalue weighted by Gasteiger charge is -1.78. The number of thiocarbonyl (C=S) groups is 1. The van der Waals surface area contributed by atoms with Crippen LogP contribution < -0.4 is 5.73 Å². The highest BCUT2D eigenvalue weighted by Crippen LogP contribution is 1.53. The first-order chi connectivity index (χ1) is 2.27. The lowest BCUT2D eigenvalue weighted by atomic mass is 10.7. The maximum Gasteiger partial charge on any atom is 0.0986 e. The molecule has 0 aliphatic carbocycles. The van der Waals surface area contributed by atoms with Crippen molar-refractivity contribution in [3.8, 4) is 0 Å². The SMILES string of the molecule is NC(=S)CO. The lowest BCUT2D eigenvalue weighted by Crippen LogP contribution is -2.11. The van der Waals surface area contributed by atoms with Crippen molar-refractivity contribution in [2.24, 2.45) is 5.73 Å². The van der Waals surface area contributed by atoms with E-state index in [-0.39, 0.29) is 11.6 Å². The van der Waals surface area contributed by atoms with E-state index in [4.69, 9.17) is 10.8 Å². The fraction of sp³-hybridized carbons (Fsp3) is 0.500. The van der Waals surface area contributed by atoms with Crippen molar-refractivity contribution < 1.29 is 5.11 Å². The summed E-state index contributed by atoms with van der Waals surface area (Å²) >= 11 is 4.22. The van der Waals surface area contributed by atoms with Gasteiger partial charge in [-0.25, -0.2) is 0 Å². The minimum Gasteiger partial charge on any atom is -0.391 e. The zero-order valence-corrected chi connectivity index (χ0v) is 3.46. The van der Waals surface area contributed by atoms with Crippen LogP contribution in [-0.4, -0.2) is 16.7 Å². The standard InChI is InChI=1S/C2H5NOS/c3-2(5)1-4/h4H,1H2,(H2,3,5). The molecule has 0 saturated carbocycles. The third-order valence-corrected chi connectivity index (χ3v) is 0.285. The molecule has 0 spiro atoms. The van der Waals surface area contributed by atoms with Gasteiger partial charge in [0.25, 0.3) is 0 Å². The van der Waals surface area contributed by atoms with Crippen LogP contribution in [0.1, 0.15) is 0 Å². The maximum atomic E-state index is 7.88. The molecule has 0 aliphatic heterocycles. The van der Waals surface area contributed by atoms with Gasteiger partial charge in [0, 0.05) is 0 Å². The fourth-order valence-corrected chi connectivity index (χ4v) is 0. The van der Waals surface area contributed by atoms with E-state index in [0.717, 1.165) is 0 Å². The summed E-state index contributed by atoms with van der Waals surface area (Å²) in [6, 6.07) is 0. The Morgan fingerprint density at radius 2 is 2.20 bits per heavy atom. The Morgan fingerprint density at radius 3 is 2.20 bits per heavy atom. The number of rotatable bonds is 1. The highest BCUT2D eigenvalue weighted by molar-refractivity contribution is 7.80. The van der Waals surface area contributed by atoms with Gasteiger partial charge in [-0.1, -0.05) is 12.2 Å². The smallest absolute Gasteiger partial charge is 0.0986 e. The van der Waals surface area contributed by atoms with Gasteiger partial charge >= 0.3 is 0 Å². The average molecular weight is 91.1 g/mol. The van der Waals surface area contributed by atoms with Crippen LogP contribution in [0.4, 0.5) is 0 Å². The predicted molar refractivity (Wildman–Crippen MR) is 23.9 cm³/mol. The fourth-order valence-electron chi connectivity index (χ4n) is 0. The topological polar surface area (TPSA) is 46.2 Å². The van der Waals surface area contributed by atoms with Gasteiger partial charge in [-0.05, 0) is 0 Å². The molecule has 0 aromatic rings. The normalized spacial score (nSPS) is 7.40. The molecule has 0 radical (unpaired) electrons. The van der Waals surface area contributed by atoms with E-state index in [1.807, 2.05) is 0 Å². The van der Waals surface area contributed by atoms with Crippen LogP contribution in [0.15, 0.2) is 0 Å². The largest absolute Gasteiger partial charge is 0.391 e. The molecule has 3 heteroatoms. The van der Waals surface area contributed by atoms with E-state index in [1.165, 1.54) is 0 Å². The molecule has 0 atom stereocenters. The molecule has 2 nitrogen and oxygen atoms in total. The zero-order chi connectivity index (χ0) is 4.28. The second kappa shape index (κ2) is 2.11. The van der Waals surface area contributed by atoms with Gasteiger partial charge in [0.2, 0.25) is 0 Å². The van der Waals surface area contributed by atoms with Gasteiger partial charge < -0.3 is 10.8 Å². The van der Waals surface area contributed by atoms with Crippen molar-refractivity contribution in [3.05, 3.63) is 0 Å². The van der Waals surface area contributed by atoms with E-state index in [2.05, 4.69) is 12.2 Å². The van der Waals surface area contributed by atoms with E-state index in [1.54, 1.807) is 0 Å². The van der Waals surface area contributed by atoms with E-state index in [0.29, 0.717) is 0 Å². The van der Waals surface area contributed by atoms with E-state index in [9.17, 15) is 0 Å². The average Bonchev–Trinajstić information content (AvgIpc) is 1.38. The van der Waals surface area contributed by atoms with E-state index < -0.39 is 0 Å². The third-order valence-electron chi connectivity index (χ3n) is 0.156. The number of hydrogen-bond acceptors (Lipinski definition) is 2. The van der Waals surface area contributed by atoms with Gasteiger partial charge in [-0.15, -0.1) is 0 Å². The second-order valence-corrected chi connectivity index (χ2v) is 1.15. The van der Waals surface area contributed by atoms with Crippen molar-refractivity contribution in [3.63, 3.8) is 0 Å². The Bertz CT molecular complexity index is 44.9. The molecule has 0 amide bonds. The molecule has 0 fully saturated rings. The molecule has 0 heterocycles. The summed E-state index contributed by atoms with van der Waals surface area (Å²) < 4.78 is 0. The molecule has 0 saturated heterocycles. The maximum absolute atomic E-state index is 7.88. The monoisotopic (exact) mass is 91.0 g/mol. The zero-order valence-electron chi connectivity index (χ0n) is 2.64. The van der Waals surface area contributed by atoms with Crippen molar-refractivity contribution in [2.45, 2.75) is 0 Å². The molecule has 30 valence electrons. The molecule has 0 rings (SSSR count). The summed E-state index contributed by atoms with van der Waals surface area (Å²) in [7, 11) is 0. The summed E-state index contributed by atoms with van der Waals surface area (Å²) in [5.74, 6) is 0. The highest BCUT2D eigenvalue weighted by Gasteiger charge is 1.72. The van der Waals surface area contributed by atoms with Crippen LogP contribution in [0.25, 0.3) is 0 Å². The minimum atomic E-state index is -0.185. The molecule has 0 bridgehead atoms. The Balaban J connectivity index is 2.85. The molecule has 0 aromatic carbocycles. The summed E-state index contributed by atoms with van der Waals surface area (Å²) in [4.78, 5) is 0.144. The number of nitrogens with two attached hydrogens (primary N) is 1. The summed E-state index contributed by atoms with van der Waals surface area (Å²) in [6.07, 6.45) is 0. The van der Waals surface area contributed by atoms with Crippen molar-refractivity contribution in [1.29, 1.82) is 0 Å². The summed E-state index contributed by atoms with van der Waals surface area (Å²) in [5, 5.41) is 7.88. The molecule has 0 aliphatic rings. The Morgan fingerprint density at radius 1 is 2.00 bits per heavy atom. The lowest BCUT2D eigenvalue weighted by molar-refractivity contribution is 0.358. The van der Waals surface area contributed by atoms with Gasteiger partial charge in [0.1, 0.15) is 0 Å². The molecule has 3 N–H and O–H groups in total. The van der Waals surface area contributed by atoms with Gasteiger partial charge in [-0.3, -0.25) is 0 Å². The van der Waals surface area contributed by atoms with Crippen LogP contribution in [-0.2, 0) is 0 Å². The summed E-state index contributed by atoms with van der Waals surface area (Å²) in [6.45, 7) is -0.185. The predicted octanol–water partition coefficient (Wildman–Crippen LogP) is -0.735. The van der Waals surface area contributed by atoms with Crippen molar-refractivity contribution >= 4 is 17.2 Å². The Labute approximate surface area is 35.6 Å². The van der Waals surface area contributed by atoms with Crippen LogP contribution in [0.3, 0.4) is 0 Å². The van der Waals surface area contributed by atoms with Gasteiger partial charge in [0.15, 0.2) is 0 Å².